The maximum Gasteiger partial charge on any atom is 0.0340 e. The average Bonchev–Trinajstić information content (AvgIpc) is 3.03. The first-order chi connectivity index (χ1) is 19.6. The van der Waals surface area contributed by atoms with Crippen LogP contribution in [0.15, 0.2) is 121 Å². The number of hydrogen-bond acceptors (Lipinski definition) is 4. The van der Waals surface area contributed by atoms with Gasteiger partial charge in [-0.15, -0.1) is 0 Å². The third-order valence-corrected chi connectivity index (χ3v) is 7.73. The molecule has 0 unspecified atom stereocenters. The van der Waals surface area contributed by atoms with E-state index < -0.39 is 0 Å². The summed E-state index contributed by atoms with van der Waals surface area (Å²) in [6.45, 7) is 0. The Bertz CT molecular complexity index is 1280. The molecule has 4 heteroatoms. The van der Waals surface area contributed by atoms with Crippen molar-refractivity contribution in [2.24, 2.45) is 0 Å². The predicted octanol–water partition coefficient (Wildman–Crippen LogP) is 8.21. The summed E-state index contributed by atoms with van der Waals surface area (Å²) >= 11 is 0. The molecule has 5 aromatic rings. The Morgan fingerprint density at radius 3 is 0.575 bits per heavy atom. The molecule has 40 heavy (non-hydrogen) atoms. The highest BCUT2D eigenvalue weighted by Crippen LogP contribution is 2.37. The Balaban J connectivity index is 1.56. The molecule has 5 rings (SSSR count). The summed E-state index contributed by atoms with van der Waals surface area (Å²) in [4.78, 5) is 0. The molecular weight excluding hydrogens is 488 g/mol. The van der Waals surface area contributed by atoms with Crippen LogP contribution in [-0.2, 0) is 0 Å². The van der Waals surface area contributed by atoms with Gasteiger partial charge in [-0.1, -0.05) is 72.8 Å². The van der Waals surface area contributed by atoms with Crippen LogP contribution < -0.4 is 21.3 Å². The van der Waals surface area contributed by atoms with Crippen molar-refractivity contribution in [3.63, 3.8) is 0 Å². The molecular formula is C36H38N4. The maximum atomic E-state index is 3.24. The maximum absolute atomic E-state index is 3.24. The molecule has 0 saturated carbocycles. The number of rotatable bonds is 10. The van der Waals surface area contributed by atoms with Crippen LogP contribution in [0.1, 0.15) is 45.2 Å². The van der Waals surface area contributed by atoms with E-state index >= 15 is 0 Å². The fourth-order valence-electron chi connectivity index (χ4n) is 5.40. The van der Waals surface area contributed by atoms with E-state index in [2.05, 4.69) is 143 Å². The van der Waals surface area contributed by atoms with Gasteiger partial charge in [-0.05, 0) is 81.9 Å². The van der Waals surface area contributed by atoms with Crippen molar-refractivity contribution in [3.8, 4) is 0 Å². The zero-order valence-electron chi connectivity index (χ0n) is 23.7. The van der Waals surface area contributed by atoms with E-state index in [4.69, 9.17) is 0 Å². The van der Waals surface area contributed by atoms with Gasteiger partial charge in [0.2, 0.25) is 0 Å². The van der Waals surface area contributed by atoms with Gasteiger partial charge in [-0.3, -0.25) is 0 Å². The zero-order chi connectivity index (χ0) is 27.9. The highest BCUT2D eigenvalue weighted by molar-refractivity contribution is 5.55. The lowest BCUT2D eigenvalue weighted by molar-refractivity contribution is 0.951. The second kappa shape index (κ2) is 12.4. The van der Waals surface area contributed by atoms with E-state index in [1.807, 2.05) is 28.2 Å². The molecule has 0 radical (unpaired) electrons. The van der Waals surface area contributed by atoms with Gasteiger partial charge in [-0.25, -0.2) is 0 Å². The highest BCUT2D eigenvalue weighted by atomic mass is 14.8. The summed E-state index contributed by atoms with van der Waals surface area (Å²) in [6, 6.07) is 44.2. The summed E-state index contributed by atoms with van der Waals surface area (Å²) in [6.07, 6.45) is 0. The van der Waals surface area contributed by atoms with Crippen LogP contribution in [0.25, 0.3) is 0 Å². The van der Waals surface area contributed by atoms with E-state index in [1.54, 1.807) is 0 Å². The third kappa shape index (κ3) is 5.81. The van der Waals surface area contributed by atoms with Gasteiger partial charge < -0.3 is 21.3 Å². The molecule has 202 valence electrons. The SMILES string of the molecule is CNc1ccc(C(c2ccc(NC)cc2)c2ccc(C(c3ccc(NC)cc3)c3ccc(NC)cc3)cc2)cc1. The Hall–Kier alpha value is -4.70. The Morgan fingerprint density at radius 2 is 0.425 bits per heavy atom. The molecule has 5 aromatic carbocycles. The van der Waals surface area contributed by atoms with E-state index in [9.17, 15) is 0 Å². The lowest BCUT2D eigenvalue weighted by Crippen LogP contribution is -2.07. The van der Waals surface area contributed by atoms with Gasteiger partial charge in [0.05, 0.1) is 0 Å². The lowest BCUT2D eigenvalue weighted by Gasteiger charge is -2.23. The molecule has 4 N–H and O–H groups in total. The number of hydrogen-bond donors (Lipinski definition) is 4. The summed E-state index contributed by atoms with van der Waals surface area (Å²) in [5.41, 5.74) is 12.1. The molecule has 4 nitrogen and oxygen atoms in total. The molecule has 0 heterocycles. The second-order valence-corrected chi connectivity index (χ2v) is 10.0. The van der Waals surface area contributed by atoms with Gasteiger partial charge >= 0.3 is 0 Å². The average molecular weight is 527 g/mol. The van der Waals surface area contributed by atoms with Crippen LogP contribution in [0.3, 0.4) is 0 Å². The minimum absolute atomic E-state index is 0.133. The van der Waals surface area contributed by atoms with E-state index in [-0.39, 0.29) is 11.8 Å². The van der Waals surface area contributed by atoms with Crippen molar-refractivity contribution in [2.75, 3.05) is 49.5 Å². The molecule has 0 saturated heterocycles. The largest absolute Gasteiger partial charge is 0.388 e. The summed E-state index contributed by atoms with van der Waals surface area (Å²) < 4.78 is 0. The van der Waals surface area contributed by atoms with Gasteiger partial charge in [0, 0.05) is 62.8 Å². The minimum atomic E-state index is 0.133. The van der Waals surface area contributed by atoms with Crippen LogP contribution >= 0.6 is 0 Å². The fraction of sp³-hybridized carbons (Fsp3) is 0.167. The lowest BCUT2D eigenvalue weighted by atomic mass is 9.81. The van der Waals surface area contributed by atoms with Crippen molar-refractivity contribution in [3.05, 3.63) is 155 Å². The third-order valence-electron chi connectivity index (χ3n) is 7.73. The van der Waals surface area contributed by atoms with Crippen LogP contribution in [0.5, 0.6) is 0 Å². The van der Waals surface area contributed by atoms with E-state index in [0.29, 0.717) is 0 Å². The van der Waals surface area contributed by atoms with Gasteiger partial charge in [0.15, 0.2) is 0 Å². The molecule has 0 aliphatic carbocycles. The van der Waals surface area contributed by atoms with Crippen molar-refractivity contribution >= 4 is 22.7 Å². The minimum Gasteiger partial charge on any atom is -0.388 e. The summed E-state index contributed by atoms with van der Waals surface area (Å²) in [5.74, 6) is 0.267. The number of nitrogens with one attached hydrogen (secondary N) is 4. The molecule has 0 aliphatic heterocycles. The quantitative estimate of drug-likeness (QED) is 0.139. The molecule has 0 atom stereocenters. The predicted molar refractivity (Wildman–Crippen MR) is 172 cm³/mol. The van der Waals surface area contributed by atoms with Gasteiger partial charge in [0.1, 0.15) is 0 Å². The van der Waals surface area contributed by atoms with Crippen molar-refractivity contribution < 1.29 is 0 Å². The van der Waals surface area contributed by atoms with Crippen molar-refractivity contribution in [1.82, 2.24) is 0 Å². The molecule has 0 aliphatic rings. The Kier molecular flexibility index (Phi) is 8.36. The number of benzene rings is 5. The molecule has 0 spiro atoms. The van der Waals surface area contributed by atoms with Crippen molar-refractivity contribution in [1.29, 1.82) is 0 Å². The van der Waals surface area contributed by atoms with Crippen LogP contribution in [0.4, 0.5) is 22.7 Å². The Morgan fingerprint density at radius 1 is 0.275 bits per heavy atom. The smallest absolute Gasteiger partial charge is 0.0340 e. The standard InChI is InChI=1S/C36H38N4/c1-37-31-17-9-27(10-18-31)35(28-11-19-32(38-2)20-12-28)25-5-7-26(8-6-25)36(29-13-21-33(39-3)22-14-29)30-15-23-34(40-4)24-16-30/h5-24,35-40H,1-4H3. The first-order valence-corrected chi connectivity index (χ1v) is 13.8. The van der Waals surface area contributed by atoms with E-state index in [0.717, 1.165) is 22.7 Å². The van der Waals surface area contributed by atoms with Crippen molar-refractivity contribution in [2.45, 2.75) is 11.8 Å². The summed E-state index contributed by atoms with van der Waals surface area (Å²) in [7, 11) is 7.82. The molecule has 0 bridgehead atoms. The topological polar surface area (TPSA) is 48.1 Å². The van der Waals surface area contributed by atoms with Gasteiger partial charge in [-0.2, -0.15) is 0 Å². The fourth-order valence-corrected chi connectivity index (χ4v) is 5.40. The monoisotopic (exact) mass is 526 g/mol. The van der Waals surface area contributed by atoms with Crippen LogP contribution in [-0.4, -0.2) is 28.2 Å². The van der Waals surface area contributed by atoms with E-state index in [1.165, 1.54) is 33.4 Å². The molecule has 0 amide bonds. The van der Waals surface area contributed by atoms with Crippen LogP contribution in [0.2, 0.25) is 0 Å². The highest BCUT2D eigenvalue weighted by Gasteiger charge is 2.20. The summed E-state index contributed by atoms with van der Waals surface area (Å²) in [5, 5.41) is 12.9. The van der Waals surface area contributed by atoms with Gasteiger partial charge in [0.25, 0.3) is 0 Å². The number of anilines is 4. The molecule has 0 fully saturated rings. The van der Waals surface area contributed by atoms with Crippen LogP contribution in [0, 0.1) is 0 Å². The first-order valence-electron chi connectivity index (χ1n) is 13.8. The first kappa shape index (κ1) is 26.9. The molecule has 0 aromatic heterocycles. The second-order valence-electron chi connectivity index (χ2n) is 10.0. The zero-order valence-corrected chi connectivity index (χ0v) is 23.7. The normalized spacial score (nSPS) is 10.9. The Labute approximate surface area is 238 Å².